The van der Waals surface area contributed by atoms with Gasteiger partial charge in [-0.05, 0) is 81.2 Å². The third kappa shape index (κ3) is 7.60. The van der Waals surface area contributed by atoms with Crippen LogP contribution in [0.2, 0.25) is 0 Å². The Labute approximate surface area is 356 Å². The summed E-state index contributed by atoms with van der Waals surface area (Å²) in [5.74, 6) is 2.04. The van der Waals surface area contributed by atoms with Gasteiger partial charge in [0.25, 0.3) is 0 Å². The first-order chi connectivity index (χ1) is 27.5. The van der Waals surface area contributed by atoms with Gasteiger partial charge in [0.2, 0.25) is 0 Å². The van der Waals surface area contributed by atoms with Gasteiger partial charge in [0.1, 0.15) is 5.82 Å². The summed E-state index contributed by atoms with van der Waals surface area (Å²) in [6.07, 6.45) is 6.08. The summed E-state index contributed by atoms with van der Waals surface area (Å²) in [6, 6.07) is 56.1. The zero-order valence-electron chi connectivity index (χ0n) is 33.6. The zero-order chi connectivity index (χ0) is 39.3. The van der Waals surface area contributed by atoms with E-state index in [1.54, 1.807) is 0 Å². The van der Waals surface area contributed by atoms with Crippen molar-refractivity contribution in [3.63, 3.8) is 0 Å². The summed E-state index contributed by atoms with van der Waals surface area (Å²) in [4.78, 5) is 9.14. The van der Waals surface area contributed by atoms with Crippen LogP contribution in [0.25, 0.3) is 49.9 Å². The van der Waals surface area contributed by atoms with Crippen molar-refractivity contribution in [1.82, 2.24) is 9.55 Å². The predicted molar refractivity (Wildman–Crippen MR) is 236 cm³/mol. The van der Waals surface area contributed by atoms with E-state index in [0.29, 0.717) is 11.5 Å². The van der Waals surface area contributed by atoms with Crippen molar-refractivity contribution in [3.8, 4) is 39.6 Å². The van der Waals surface area contributed by atoms with Crippen LogP contribution in [0.5, 0.6) is 11.5 Å². The van der Waals surface area contributed by atoms with Gasteiger partial charge in [-0.15, -0.1) is 53.6 Å². The molecule has 0 aliphatic carbocycles. The molecule has 0 atom stereocenters. The third-order valence-corrected chi connectivity index (χ3v) is 10.7. The van der Waals surface area contributed by atoms with Crippen molar-refractivity contribution < 1.29 is 25.8 Å². The van der Waals surface area contributed by atoms with Gasteiger partial charge in [0.15, 0.2) is 0 Å². The molecule has 6 heteroatoms. The van der Waals surface area contributed by atoms with Crippen LogP contribution in [-0.2, 0) is 31.9 Å². The monoisotopic (exact) mass is 936 g/mol. The molecule has 2 aromatic heterocycles. The fourth-order valence-electron chi connectivity index (χ4n) is 7.53. The molecule has 0 amide bonds. The molecule has 0 saturated carbocycles. The number of hydrogen-bond donors (Lipinski definition) is 0. The molecule has 6 aromatic carbocycles. The van der Waals surface area contributed by atoms with Gasteiger partial charge < -0.3 is 19.1 Å². The normalized spacial score (nSPS) is 13.0. The van der Waals surface area contributed by atoms with Gasteiger partial charge in [0.05, 0.1) is 0 Å². The van der Waals surface area contributed by atoms with Gasteiger partial charge in [-0.1, -0.05) is 132 Å². The van der Waals surface area contributed by atoms with Crippen LogP contribution in [-0.4, -0.2) is 9.55 Å². The minimum absolute atomic E-state index is 0. The Bertz CT molecular complexity index is 2780. The Balaban J connectivity index is 0.00000469. The summed E-state index contributed by atoms with van der Waals surface area (Å²) in [7, 11) is 0. The average molecular weight is 937 g/mol. The maximum Gasteiger partial charge on any atom is 0.135 e. The van der Waals surface area contributed by atoms with Gasteiger partial charge in [-0.2, -0.15) is 6.07 Å². The number of anilines is 2. The number of pyridine rings is 1. The van der Waals surface area contributed by atoms with Crippen LogP contribution in [0, 0.1) is 18.8 Å². The van der Waals surface area contributed by atoms with Crippen molar-refractivity contribution in [3.05, 3.63) is 188 Å². The fraction of sp³-hybridized carbons (Fsp3) is 0.154. The van der Waals surface area contributed by atoms with E-state index in [1.165, 1.54) is 22.3 Å². The van der Waals surface area contributed by atoms with E-state index in [0.717, 1.165) is 50.1 Å². The van der Waals surface area contributed by atoms with Crippen LogP contribution in [0.15, 0.2) is 158 Å². The summed E-state index contributed by atoms with van der Waals surface area (Å²) >= 11 is 0. The number of aromatic nitrogens is 2. The molecule has 0 bridgehead atoms. The Hall–Kier alpha value is -5.90. The Morgan fingerprint density at radius 2 is 1.24 bits per heavy atom. The summed E-state index contributed by atoms with van der Waals surface area (Å²) in [5, 5.41) is 2.23. The second kappa shape index (κ2) is 15.5. The quantitative estimate of drug-likeness (QED) is 0.149. The summed E-state index contributed by atoms with van der Waals surface area (Å²) < 4.78 is 8.92. The SMILES string of the molecule is CC(C)(C)c1ccnc(-n2c3[c-]c(Oc4[c-]c(N5C=CN(c6ccc(C(C)(C)C)cc6-c6ccccc6)[CH-]5)cc(-c5ccccc5)c4)ccc3c3ccccc32)c1.[Pt]. The fourth-order valence-corrected chi connectivity index (χ4v) is 7.53. The zero-order valence-corrected chi connectivity index (χ0v) is 35.9. The van der Waals surface area contributed by atoms with Gasteiger partial charge in [-0.25, -0.2) is 4.98 Å². The van der Waals surface area contributed by atoms with Gasteiger partial charge in [-0.3, -0.25) is 0 Å². The molecule has 0 saturated heterocycles. The number of hydrogen-bond acceptors (Lipinski definition) is 4. The second-order valence-electron chi connectivity index (χ2n) is 16.8. The molecule has 5 nitrogen and oxygen atoms in total. The Morgan fingerprint density at radius 3 is 1.98 bits per heavy atom. The maximum atomic E-state index is 6.72. The number of benzene rings is 6. The van der Waals surface area contributed by atoms with Crippen molar-refractivity contribution in [2.24, 2.45) is 0 Å². The number of para-hydroxylation sites is 1. The largest absolute Gasteiger partial charge is 0.509 e. The topological polar surface area (TPSA) is 33.5 Å². The molecular formula is C52H45N4OPt-3. The maximum absolute atomic E-state index is 6.72. The molecule has 0 N–H and O–H groups in total. The molecule has 292 valence electrons. The molecule has 9 rings (SSSR count). The molecule has 0 radical (unpaired) electrons. The summed E-state index contributed by atoms with van der Waals surface area (Å²) in [5.41, 5.74) is 10.9. The standard InChI is InChI=1S/C52H45N4O.Pt/c1-51(2,3)39-21-24-47(46(31-39)37-17-11-8-12-18-37)55-28-27-54(35-55)41-29-38(36-15-9-7-10-16-36)30-43(33-41)57-42-22-23-45-44-19-13-14-20-48(44)56(49(45)34-42)50-32-40(25-26-53-50)52(4,5)6;/h7-32,35H,1-6H3;/q-3;. The van der Waals surface area contributed by atoms with Crippen molar-refractivity contribution in [1.29, 1.82) is 0 Å². The van der Waals surface area contributed by atoms with Crippen LogP contribution in [0.3, 0.4) is 0 Å². The van der Waals surface area contributed by atoms with Gasteiger partial charge in [0, 0.05) is 55.5 Å². The van der Waals surface area contributed by atoms with Crippen molar-refractivity contribution >= 4 is 33.2 Å². The molecule has 0 unspecified atom stereocenters. The van der Waals surface area contributed by atoms with Crippen LogP contribution in [0.1, 0.15) is 52.7 Å². The average Bonchev–Trinajstić information content (AvgIpc) is 3.84. The Morgan fingerprint density at radius 1 is 0.569 bits per heavy atom. The smallest absolute Gasteiger partial charge is 0.135 e. The minimum Gasteiger partial charge on any atom is -0.509 e. The molecule has 8 aromatic rings. The van der Waals surface area contributed by atoms with E-state index in [1.807, 2.05) is 18.3 Å². The number of ether oxygens (including phenoxy) is 1. The minimum atomic E-state index is -0.0220. The van der Waals surface area contributed by atoms with Crippen molar-refractivity contribution in [2.45, 2.75) is 52.4 Å². The first-order valence-electron chi connectivity index (χ1n) is 19.5. The molecule has 0 spiro atoms. The Kier molecular flexibility index (Phi) is 10.4. The van der Waals surface area contributed by atoms with E-state index in [-0.39, 0.29) is 31.9 Å². The first kappa shape index (κ1) is 38.9. The predicted octanol–water partition coefficient (Wildman–Crippen LogP) is 13.4. The van der Waals surface area contributed by atoms with Crippen LogP contribution >= 0.6 is 0 Å². The number of fused-ring (bicyclic) bond motifs is 3. The number of nitrogens with zero attached hydrogens (tertiary/aromatic N) is 4. The van der Waals surface area contributed by atoms with Crippen LogP contribution < -0.4 is 14.5 Å². The van der Waals surface area contributed by atoms with E-state index in [4.69, 9.17) is 9.72 Å². The molecule has 1 aliphatic rings. The third-order valence-electron chi connectivity index (χ3n) is 10.7. The first-order valence-corrected chi connectivity index (χ1v) is 19.5. The molecule has 1 aliphatic heterocycles. The molecule has 58 heavy (non-hydrogen) atoms. The molecular weight excluding hydrogens is 892 g/mol. The van der Waals surface area contributed by atoms with Crippen molar-refractivity contribution in [2.75, 3.05) is 9.80 Å². The summed E-state index contributed by atoms with van der Waals surface area (Å²) in [6.45, 7) is 15.6. The number of rotatable bonds is 7. The van der Waals surface area contributed by atoms with E-state index < -0.39 is 0 Å². The van der Waals surface area contributed by atoms with Gasteiger partial charge >= 0.3 is 0 Å². The second-order valence-corrected chi connectivity index (χ2v) is 16.8. The molecule has 3 heterocycles. The van der Waals surface area contributed by atoms with E-state index in [2.05, 4.69) is 215 Å². The van der Waals surface area contributed by atoms with E-state index in [9.17, 15) is 0 Å². The van der Waals surface area contributed by atoms with Crippen LogP contribution in [0.4, 0.5) is 11.4 Å². The molecule has 0 fully saturated rings. The van der Waals surface area contributed by atoms with E-state index >= 15 is 0 Å².